The highest BCUT2D eigenvalue weighted by Crippen LogP contribution is 2.40. The Morgan fingerprint density at radius 2 is 1.89 bits per heavy atom. The van der Waals surface area contributed by atoms with Crippen molar-refractivity contribution in [1.29, 1.82) is 0 Å². The highest BCUT2D eigenvalue weighted by Gasteiger charge is 2.17. The van der Waals surface area contributed by atoms with E-state index in [1.54, 1.807) is 0 Å². The van der Waals surface area contributed by atoms with Crippen molar-refractivity contribution in [2.24, 2.45) is 0 Å². The molecule has 0 radical (unpaired) electrons. The second-order valence-corrected chi connectivity index (χ2v) is 4.76. The van der Waals surface area contributed by atoms with Crippen LogP contribution < -0.4 is 10.1 Å². The number of halogens is 1. The highest BCUT2D eigenvalue weighted by atomic mass is 35.5. The number of rotatable bonds is 2. The van der Waals surface area contributed by atoms with E-state index >= 15 is 0 Å². The third-order valence-electron chi connectivity index (χ3n) is 3.08. The van der Waals surface area contributed by atoms with Gasteiger partial charge in [-0.3, -0.25) is 0 Å². The molecule has 0 unspecified atom stereocenters. The van der Waals surface area contributed by atoms with Crippen LogP contribution in [-0.2, 0) is 6.42 Å². The van der Waals surface area contributed by atoms with Crippen molar-refractivity contribution >= 4 is 17.3 Å². The lowest BCUT2D eigenvalue weighted by Crippen LogP contribution is -2.12. The summed E-state index contributed by atoms with van der Waals surface area (Å²) in [5.41, 5.74) is 2.31. The van der Waals surface area contributed by atoms with Gasteiger partial charge in [-0.05, 0) is 36.6 Å². The maximum Gasteiger partial charge on any atom is 0.169 e. The number of aryl methyl sites for hydroxylation is 1. The number of hydrogen-bond donors (Lipinski definition) is 1. The minimum absolute atomic E-state index is 0.645. The van der Waals surface area contributed by atoms with Gasteiger partial charge in [0.15, 0.2) is 5.75 Å². The van der Waals surface area contributed by atoms with E-state index in [0.717, 1.165) is 36.6 Å². The summed E-state index contributed by atoms with van der Waals surface area (Å²) in [7, 11) is 0. The van der Waals surface area contributed by atoms with Crippen LogP contribution in [0.5, 0.6) is 11.5 Å². The summed E-state index contributed by atoms with van der Waals surface area (Å²) in [5.74, 6) is 1.54. The molecule has 0 aromatic heterocycles. The van der Waals surface area contributed by atoms with Crippen LogP contribution >= 0.6 is 11.6 Å². The molecular formula is C15H14ClNO. The van der Waals surface area contributed by atoms with Crippen LogP contribution in [0.3, 0.4) is 0 Å². The van der Waals surface area contributed by atoms with E-state index in [0.29, 0.717) is 5.02 Å². The molecule has 1 N–H and O–H groups in total. The number of para-hydroxylation sites is 1. The average Bonchev–Trinajstić information content (AvgIpc) is 2.43. The highest BCUT2D eigenvalue weighted by molar-refractivity contribution is 6.32. The van der Waals surface area contributed by atoms with Gasteiger partial charge in [0, 0.05) is 6.54 Å². The first-order valence-corrected chi connectivity index (χ1v) is 6.50. The molecule has 1 aliphatic rings. The standard InChI is InChI=1S/C15H14ClNO/c16-13-9-8-11-5-4-10-17-14(11)15(13)18-12-6-2-1-3-7-12/h1-3,6-9,17H,4-5,10H2. The number of benzene rings is 2. The van der Waals surface area contributed by atoms with E-state index in [4.69, 9.17) is 16.3 Å². The minimum Gasteiger partial charge on any atom is -0.454 e. The fourth-order valence-electron chi connectivity index (χ4n) is 2.20. The minimum atomic E-state index is 0.645. The molecule has 2 aromatic rings. The second-order valence-electron chi connectivity index (χ2n) is 4.36. The Bertz CT molecular complexity index is 554. The zero-order valence-corrected chi connectivity index (χ0v) is 10.7. The summed E-state index contributed by atoms with van der Waals surface area (Å²) in [6, 6.07) is 13.7. The van der Waals surface area contributed by atoms with Gasteiger partial charge in [-0.15, -0.1) is 0 Å². The molecule has 2 aromatic carbocycles. The van der Waals surface area contributed by atoms with Crippen LogP contribution in [0.2, 0.25) is 5.02 Å². The van der Waals surface area contributed by atoms with Crippen LogP contribution in [-0.4, -0.2) is 6.54 Å². The molecule has 0 fully saturated rings. The molecule has 2 nitrogen and oxygen atoms in total. The Labute approximate surface area is 112 Å². The van der Waals surface area contributed by atoms with E-state index in [1.165, 1.54) is 5.56 Å². The zero-order chi connectivity index (χ0) is 12.4. The molecule has 0 amide bonds. The van der Waals surface area contributed by atoms with E-state index in [9.17, 15) is 0 Å². The molecule has 92 valence electrons. The number of anilines is 1. The van der Waals surface area contributed by atoms with E-state index < -0.39 is 0 Å². The number of fused-ring (bicyclic) bond motifs is 1. The van der Waals surface area contributed by atoms with Crippen LogP contribution in [0, 0.1) is 0 Å². The van der Waals surface area contributed by atoms with E-state index in [-0.39, 0.29) is 0 Å². The summed E-state index contributed by atoms with van der Waals surface area (Å²) < 4.78 is 5.91. The topological polar surface area (TPSA) is 21.3 Å². The van der Waals surface area contributed by atoms with Gasteiger partial charge in [-0.25, -0.2) is 0 Å². The van der Waals surface area contributed by atoms with Crippen LogP contribution in [0.25, 0.3) is 0 Å². The zero-order valence-electron chi connectivity index (χ0n) is 9.95. The lowest BCUT2D eigenvalue weighted by Gasteiger charge is -2.22. The molecule has 0 aliphatic carbocycles. The summed E-state index contributed by atoms with van der Waals surface area (Å²) in [6.45, 7) is 0.971. The van der Waals surface area contributed by atoms with Crippen molar-refractivity contribution in [2.45, 2.75) is 12.8 Å². The third kappa shape index (κ3) is 2.16. The summed E-state index contributed by atoms with van der Waals surface area (Å²) >= 11 is 6.25. The van der Waals surface area contributed by atoms with Crippen molar-refractivity contribution in [1.82, 2.24) is 0 Å². The largest absolute Gasteiger partial charge is 0.454 e. The first-order chi connectivity index (χ1) is 8.84. The van der Waals surface area contributed by atoms with Gasteiger partial charge in [-0.2, -0.15) is 0 Å². The maximum atomic E-state index is 6.25. The molecule has 18 heavy (non-hydrogen) atoms. The van der Waals surface area contributed by atoms with Gasteiger partial charge < -0.3 is 10.1 Å². The molecule has 3 rings (SSSR count). The first kappa shape index (κ1) is 11.4. The molecule has 0 saturated heterocycles. The van der Waals surface area contributed by atoms with Crippen molar-refractivity contribution < 1.29 is 4.74 Å². The summed E-state index contributed by atoms with van der Waals surface area (Å²) in [4.78, 5) is 0. The van der Waals surface area contributed by atoms with Gasteiger partial charge in [0.05, 0.1) is 10.7 Å². The molecule has 1 heterocycles. The smallest absolute Gasteiger partial charge is 0.169 e. The maximum absolute atomic E-state index is 6.25. The molecule has 0 saturated carbocycles. The van der Waals surface area contributed by atoms with Crippen LogP contribution in [0.15, 0.2) is 42.5 Å². The Morgan fingerprint density at radius 3 is 2.72 bits per heavy atom. The number of ether oxygens (including phenoxy) is 1. The number of nitrogens with one attached hydrogen (secondary N) is 1. The third-order valence-corrected chi connectivity index (χ3v) is 3.38. The SMILES string of the molecule is Clc1ccc2c(c1Oc1ccccc1)NCCC2. The second kappa shape index (κ2) is 4.91. The Balaban J connectivity index is 2.00. The molecule has 0 atom stereocenters. The fraction of sp³-hybridized carbons (Fsp3) is 0.200. The molecule has 0 bridgehead atoms. The molecule has 1 aliphatic heterocycles. The average molecular weight is 260 g/mol. The Hall–Kier alpha value is -1.67. The van der Waals surface area contributed by atoms with Crippen LogP contribution in [0.4, 0.5) is 5.69 Å². The van der Waals surface area contributed by atoms with E-state index in [2.05, 4.69) is 11.4 Å². The molecule has 3 heteroatoms. The van der Waals surface area contributed by atoms with Gasteiger partial charge in [-0.1, -0.05) is 35.9 Å². The monoisotopic (exact) mass is 259 g/mol. The normalized spacial score (nSPS) is 13.6. The van der Waals surface area contributed by atoms with Gasteiger partial charge in [0.25, 0.3) is 0 Å². The van der Waals surface area contributed by atoms with Crippen molar-refractivity contribution in [3.8, 4) is 11.5 Å². The quantitative estimate of drug-likeness (QED) is 0.858. The van der Waals surface area contributed by atoms with E-state index in [1.807, 2.05) is 36.4 Å². The predicted octanol–water partition coefficient (Wildman–Crippen LogP) is 4.49. The van der Waals surface area contributed by atoms with Crippen molar-refractivity contribution in [3.05, 3.63) is 53.1 Å². The first-order valence-electron chi connectivity index (χ1n) is 6.13. The van der Waals surface area contributed by atoms with Crippen LogP contribution in [0.1, 0.15) is 12.0 Å². The van der Waals surface area contributed by atoms with Crippen molar-refractivity contribution in [3.63, 3.8) is 0 Å². The lowest BCUT2D eigenvalue weighted by atomic mass is 10.0. The summed E-state index contributed by atoms with van der Waals surface area (Å²) in [5, 5.41) is 4.03. The predicted molar refractivity (Wildman–Crippen MR) is 74.8 cm³/mol. The lowest BCUT2D eigenvalue weighted by molar-refractivity contribution is 0.483. The Morgan fingerprint density at radius 1 is 1.06 bits per heavy atom. The Kier molecular flexibility index (Phi) is 3.11. The van der Waals surface area contributed by atoms with Crippen molar-refractivity contribution in [2.75, 3.05) is 11.9 Å². The number of hydrogen-bond acceptors (Lipinski definition) is 2. The fourth-order valence-corrected chi connectivity index (χ4v) is 2.39. The molecule has 0 spiro atoms. The van der Waals surface area contributed by atoms with Gasteiger partial charge in [0.2, 0.25) is 0 Å². The summed E-state index contributed by atoms with van der Waals surface area (Å²) in [6.07, 6.45) is 2.23. The van der Waals surface area contributed by atoms with Gasteiger partial charge in [0.1, 0.15) is 5.75 Å². The molecular weight excluding hydrogens is 246 g/mol. The van der Waals surface area contributed by atoms with Gasteiger partial charge >= 0.3 is 0 Å².